The Hall–Kier alpha value is -2.96. The Bertz CT molecular complexity index is 1160. The molecular weight excluding hydrogens is 420 g/mol. The Kier molecular flexibility index (Phi) is 7.83. The van der Waals surface area contributed by atoms with Gasteiger partial charge < -0.3 is 5.32 Å². The first-order valence-electron chi connectivity index (χ1n) is 10.8. The minimum absolute atomic E-state index is 0.0518. The van der Waals surface area contributed by atoms with Crippen molar-refractivity contribution in [2.75, 3.05) is 5.32 Å². The van der Waals surface area contributed by atoms with Crippen molar-refractivity contribution in [3.8, 4) is 0 Å². The molecule has 0 aromatic heterocycles. The monoisotopic (exact) mass is 450 g/mol. The number of benzene rings is 3. The van der Waals surface area contributed by atoms with Crippen molar-refractivity contribution < 1.29 is 13.2 Å². The highest BCUT2D eigenvalue weighted by molar-refractivity contribution is 7.89. The van der Waals surface area contributed by atoms with Crippen LogP contribution in [0.2, 0.25) is 0 Å². The standard InChI is InChI=1S/C26H30N2O3S/c1-4-22-12-8-9-19(2)26(22)27-25(29)18-15-21-13-16-24(17-14-21)32(30,31)28-20(3)23-10-6-5-7-11-23/h5-14,16-17,20,28H,4,15,18H2,1-3H3,(H,27,29)/t20-/m1/s1. The zero-order valence-electron chi connectivity index (χ0n) is 18.8. The zero-order chi connectivity index (χ0) is 23.1. The number of hydrogen-bond acceptors (Lipinski definition) is 3. The maximum atomic E-state index is 12.7. The number of amides is 1. The molecule has 0 saturated carbocycles. The summed E-state index contributed by atoms with van der Waals surface area (Å²) in [6.45, 7) is 5.87. The number of aryl methyl sites for hydroxylation is 3. The van der Waals surface area contributed by atoms with Crippen molar-refractivity contribution >= 4 is 21.6 Å². The Morgan fingerprint density at radius 1 is 0.938 bits per heavy atom. The lowest BCUT2D eigenvalue weighted by atomic mass is 10.1. The van der Waals surface area contributed by atoms with Crippen LogP contribution in [0.15, 0.2) is 77.7 Å². The van der Waals surface area contributed by atoms with Crippen LogP contribution >= 0.6 is 0 Å². The van der Waals surface area contributed by atoms with Crippen LogP contribution in [0.1, 0.15) is 48.6 Å². The largest absolute Gasteiger partial charge is 0.326 e. The fourth-order valence-corrected chi connectivity index (χ4v) is 4.84. The topological polar surface area (TPSA) is 75.3 Å². The molecule has 0 heterocycles. The highest BCUT2D eigenvalue weighted by Crippen LogP contribution is 2.22. The van der Waals surface area contributed by atoms with Crippen molar-refractivity contribution in [2.45, 2.75) is 51.0 Å². The first-order chi connectivity index (χ1) is 15.3. The van der Waals surface area contributed by atoms with E-state index in [2.05, 4.69) is 17.0 Å². The molecule has 0 aliphatic rings. The first kappa shape index (κ1) is 23.7. The van der Waals surface area contributed by atoms with Crippen LogP contribution in [0.25, 0.3) is 0 Å². The number of carbonyl (C=O) groups excluding carboxylic acids is 1. The molecule has 1 atom stereocenters. The van der Waals surface area contributed by atoms with Gasteiger partial charge in [0.25, 0.3) is 0 Å². The van der Waals surface area contributed by atoms with Gasteiger partial charge in [-0.25, -0.2) is 13.1 Å². The van der Waals surface area contributed by atoms with E-state index in [9.17, 15) is 13.2 Å². The number of rotatable bonds is 9. The van der Waals surface area contributed by atoms with Crippen LogP contribution in [-0.4, -0.2) is 14.3 Å². The predicted molar refractivity (Wildman–Crippen MR) is 129 cm³/mol. The average Bonchev–Trinajstić information content (AvgIpc) is 2.79. The summed E-state index contributed by atoms with van der Waals surface area (Å²) in [5.41, 5.74) is 4.86. The molecule has 1 amide bonds. The summed E-state index contributed by atoms with van der Waals surface area (Å²) in [4.78, 5) is 12.7. The van der Waals surface area contributed by atoms with E-state index in [1.54, 1.807) is 24.3 Å². The second-order valence-electron chi connectivity index (χ2n) is 7.91. The number of para-hydroxylation sites is 1. The molecule has 0 saturated heterocycles. The Morgan fingerprint density at radius 3 is 2.28 bits per heavy atom. The molecule has 0 spiro atoms. The summed E-state index contributed by atoms with van der Waals surface area (Å²) < 4.78 is 28.1. The summed E-state index contributed by atoms with van der Waals surface area (Å²) in [6.07, 6.45) is 1.71. The summed E-state index contributed by atoms with van der Waals surface area (Å²) in [5.74, 6) is -0.0518. The lowest BCUT2D eigenvalue weighted by molar-refractivity contribution is -0.116. The van der Waals surface area contributed by atoms with E-state index >= 15 is 0 Å². The molecule has 0 unspecified atom stereocenters. The molecule has 5 nitrogen and oxygen atoms in total. The molecule has 168 valence electrons. The molecule has 0 bridgehead atoms. The van der Waals surface area contributed by atoms with E-state index in [1.165, 1.54) is 0 Å². The lowest BCUT2D eigenvalue weighted by Crippen LogP contribution is -2.26. The molecule has 0 fully saturated rings. The maximum Gasteiger partial charge on any atom is 0.241 e. The van der Waals surface area contributed by atoms with E-state index in [0.717, 1.165) is 34.4 Å². The van der Waals surface area contributed by atoms with Gasteiger partial charge in [0.1, 0.15) is 0 Å². The molecule has 6 heteroatoms. The number of hydrogen-bond donors (Lipinski definition) is 2. The van der Waals surface area contributed by atoms with Crippen molar-refractivity contribution in [3.05, 3.63) is 95.1 Å². The van der Waals surface area contributed by atoms with Gasteiger partial charge in [-0.15, -0.1) is 0 Å². The molecule has 32 heavy (non-hydrogen) atoms. The lowest BCUT2D eigenvalue weighted by Gasteiger charge is -2.15. The highest BCUT2D eigenvalue weighted by Gasteiger charge is 2.18. The number of carbonyl (C=O) groups is 1. The van der Waals surface area contributed by atoms with E-state index in [-0.39, 0.29) is 16.8 Å². The SMILES string of the molecule is CCc1cccc(C)c1NC(=O)CCc1ccc(S(=O)(=O)N[C@H](C)c2ccccc2)cc1. The van der Waals surface area contributed by atoms with Crippen LogP contribution in [0.5, 0.6) is 0 Å². The number of nitrogens with one attached hydrogen (secondary N) is 2. The van der Waals surface area contributed by atoms with Crippen LogP contribution in [0, 0.1) is 6.92 Å². The predicted octanol–water partition coefficient (Wildman–Crippen LogP) is 5.17. The normalized spacial score (nSPS) is 12.3. The van der Waals surface area contributed by atoms with Crippen LogP contribution in [0.3, 0.4) is 0 Å². The smallest absolute Gasteiger partial charge is 0.241 e. The molecule has 3 rings (SSSR count). The van der Waals surface area contributed by atoms with Gasteiger partial charge in [-0.2, -0.15) is 0 Å². The summed E-state index contributed by atoms with van der Waals surface area (Å²) in [7, 11) is -3.64. The molecule has 2 N–H and O–H groups in total. The third-order valence-corrected chi connectivity index (χ3v) is 7.07. The van der Waals surface area contributed by atoms with Gasteiger partial charge in [-0.3, -0.25) is 4.79 Å². The Morgan fingerprint density at radius 2 is 1.62 bits per heavy atom. The average molecular weight is 451 g/mol. The second kappa shape index (κ2) is 10.6. The second-order valence-corrected chi connectivity index (χ2v) is 9.62. The van der Waals surface area contributed by atoms with E-state index in [0.29, 0.717) is 12.8 Å². The third kappa shape index (κ3) is 6.05. The van der Waals surface area contributed by atoms with E-state index < -0.39 is 10.0 Å². The molecule has 3 aromatic carbocycles. The van der Waals surface area contributed by atoms with Crippen molar-refractivity contribution in [2.24, 2.45) is 0 Å². The first-order valence-corrected chi connectivity index (χ1v) is 12.3. The van der Waals surface area contributed by atoms with Crippen LogP contribution < -0.4 is 10.0 Å². The minimum Gasteiger partial charge on any atom is -0.326 e. The summed E-state index contributed by atoms with van der Waals surface area (Å²) >= 11 is 0. The highest BCUT2D eigenvalue weighted by atomic mass is 32.2. The van der Waals surface area contributed by atoms with E-state index in [4.69, 9.17) is 0 Å². The molecule has 0 aliphatic heterocycles. The van der Waals surface area contributed by atoms with Gasteiger partial charge in [0.05, 0.1) is 4.90 Å². The molecule has 0 aliphatic carbocycles. The van der Waals surface area contributed by atoms with E-state index in [1.807, 2.05) is 62.4 Å². The van der Waals surface area contributed by atoms with Gasteiger partial charge in [0.15, 0.2) is 0 Å². The Labute approximate surface area is 190 Å². The number of sulfonamides is 1. The summed E-state index contributed by atoms with van der Waals surface area (Å²) in [6, 6.07) is 21.8. The van der Waals surface area contributed by atoms with Gasteiger partial charge in [0.2, 0.25) is 15.9 Å². The fraction of sp³-hybridized carbons (Fsp3) is 0.269. The maximum absolute atomic E-state index is 12.7. The van der Waals surface area contributed by atoms with Gasteiger partial charge in [-0.1, -0.05) is 67.6 Å². The quantitative estimate of drug-likeness (QED) is 0.472. The van der Waals surface area contributed by atoms with Gasteiger partial charge in [0, 0.05) is 18.2 Å². The van der Waals surface area contributed by atoms with Crippen molar-refractivity contribution in [3.63, 3.8) is 0 Å². The Balaban J connectivity index is 1.59. The van der Waals surface area contributed by atoms with Crippen LogP contribution in [-0.2, 0) is 27.7 Å². The fourth-order valence-electron chi connectivity index (χ4n) is 3.61. The van der Waals surface area contributed by atoms with Gasteiger partial charge in [-0.05, 0) is 61.1 Å². The minimum atomic E-state index is -3.64. The summed E-state index contributed by atoms with van der Waals surface area (Å²) in [5, 5.41) is 3.03. The van der Waals surface area contributed by atoms with Crippen molar-refractivity contribution in [1.29, 1.82) is 0 Å². The zero-order valence-corrected chi connectivity index (χ0v) is 19.6. The van der Waals surface area contributed by atoms with Crippen LogP contribution in [0.4, 0.5) is 5.69 Å². The molecular formula is C26H30N2O3S. The molecule has 0 radical (unpaired) electrons. The number of anilines is 1. The van der Waals surface area contributed by atoms with Gasteiger partial charge >= 0.3 is 0 Å². The third-order valence-electron chi connectivity index (χ3n) is 5.51. The molecule has 3 aromatic rings. The van der Waals surface area contributed by atoms with Crippen molar-refractivity contribution in [1.82, 2.24) is 4.72 Å².